The van der Waals surface area contributed by atoms with Gasteiger partial charge in [0.25, 0.3) is 0 Å². The molecule has 2 rings (SSSR count). The van der Waals surface area contributed by atoms with E-state index in [9.17, 15) is 10.1 Å². The van der Waals surface area contributed by atoms with Crippen molar-refractivity contribution in [1.29, 1.82) is 0 Å². The largest absolute Gasteiger partial charge is 0.378 e. The van der Waals surface area contributed by atoms with E-state index in [0.29, 0.717) is 17.9 Å². The Hall–Kier alpha value is -2.41. The van der Waals surface area contributed by atoms with Crippen LogP contribution in [0.4, 0.5) is 17.5 Å². The van der Waals surface area contributed by atoms with Crippen LogP contribution in [0.3, 0.4) is 0 Å². The van der Waals surface area contributed by atoms with Crippen LogP contribution in [0.1, 0.15) is 11.3 Å². The van der Waals surface area contributed by atoms with Crippen molar-refractivity contribution in [3.8, 4) is 0 Å². The van der Waals surface area contributed by atoms with E-state index in [1.54, 1.807) is 12.1 Å². The molecule has 0 saturated heterocycles. The third-order valence-corrected chi connectivity index (χ3v) is 2.96. The lowest BCUT2D eigenvalue weighted by Gasteiger charge is -2.05. The van der Waals surface area contributed by atoms with Crippen LogP contribution in [0, 0.1) is 10.1 Å². The van der Waals surface area contributed by atoms with Crippen LogP contribution < -0.4 is 11.5 Å². The molecule has 1 aromatic carbocycles. The minimum atomic E-state index is -0.595. The zero-order valence-electron chi connectivity index (χ0n) is 10.4. The Kier molecular flexibility index (Phi) is 3.99. The third kappa shape index (κ3) is 3.12. The van der Waals surface area contributed by atoms with E-state index in [2.05, 4.69) is 9.97 Å². The van der Waals surface area contributed by atoms with Crippen molar-refractivity contribution in [3.63, 3.8) is 0 Å². The SMILES string of the molecule is Nc1nc(N)c([N+](=O)[O-])c(CCc2cccc(Cl)c2)n1. The molecule has 0 atom stereocenters. The second kappa shape index (κ2) is 5.70. The van der Waals surface area contributed by atoms with Crippen molar-refractivity contribution in [1.82, 2.24) is 9.97 Å². The molecule has 0 unspecified atom stereocenters. The molecule has 0 aliphatic rings. The highest BCUT2D eigenvalue weighted by atomic mass is 35.5. The Morgan fingerprint density at radius 3 is 2.65 bits per heavy atom. The number of nitrogens with two attached hydrogens (primary N) is 2. The number of nitrogen functional groups attached to an aromatic ring is 2. The second-order valence-corrected chi connectivity index (χ2v) is 4.59. The van der Waals surface area contributed by atoms with E-state index in [1.165, 1.54) is 0 Å². The van der Waals surface area contributed by atoms with Gasteiger partial charge in [0.1, 0.15) is 5.69 Å². The number of hydrogen-bond acceptors (Lipinski definition) is 6. The zero-order chi connectivity index (χ0) is 14.7. The smallest absolute Gasteiger partial charge is 0.332 e. The standard InChI is InChI=1S/C12H12ClN5O2/c13-8-3-1-2-7(6-8)4-5-9-10(18(19)20)11(14)17-12(15)16-9/h1-3,6H,4-5H2,(H4,14,15,16,17). The summed E-state index contributed by atoms with van der Waals surface area (Å²) in [6.45, 7) is 0. The average Bonchev–Trinajstić information content (AvgIpc) is 2.35. The van der Waals surface area contributed by atoms with Gasteiger partial charge in [-0.2, -0.15) is 4.98 Å². The molecular formula is C12H12ClN5O2. The monoisotopic (exact) mass is 293 g/mol. The molecule has 4 N–H and O–H groups in total. The molecule has 0 fully saturated rings. The average molecular weight is 294 g/mol. The van der Waals surface area contributed by atoms with Crippen LogP contribution in [0.25, 0.3) is 0 Å². The number of halogens is 1. The summed E-state index contributed by atoms with van der Waals surface area (Å²) in [5.41, 5.74) is 11.9. The van der Waals surface area contributed by atoms with Crippen LogP contribution in [0.15, 0.2) is 24.3 Å². The summed E-state index contributed by atoms with van der Waals surface area (Å²) in [6, 6.07) is 7.25. The Labute approximate surface area is 119 Å². The summed E-state index contributed by atoms with van der Waals surface area (Å²) in [7, 11) is 0. The molecule has 2 aromatic rings. The number of aryl methyl sites for hydroxylation is 2. The summed E-state index contributed by atoms with van der Waals surface area (Å²) < 4.78 is 0. The minimum absolute atomic E-state index is 0.0748. The van der Waals surface area contributed by atoms with Crippen molar-refractivity contribution in [2.45, 2.75) is 12.8 Å². The Balaban J connectivity index is 2.27. The van der Waals surface area contributed by atoms with Crippen LogP contribution in [-0.4, -0.2) is 14.9 Å². The molecule has 7 nitrogen and oxygen atoms in total. The van der Waals surface area contributed by atoms with Crippen LogP contribution in [-0.2, 0) is 12.8 Å². The number of hydrogen-bond donors (Lipinski definition) is 2. The van der Waals surface area contributed by atoms with Gasteiger partial charge in [0.05, 0.1) is 4.92 Å². The van der Waals surface area contributed by atoms with Crippen molar-refractivity contribution in [2.24, 2.45) is 0 Å². The van der Waals surface area contributed by atoms with Crippen LogP contribution in [0.5, 0.6) is 0 Å². The Morgan fingerprint density at radius 1 is 1.25 bits per heavy atom. The molecule has 0 saturated carbocycles. The first-order chi connectivity index (χ1) is 9.47. The predicted molar refractivity (Wildman–Crippen MR) is 76.4 cm³/mol. The molecular weight excluding hydrogens is 282 g/mol. The fraction of sp³-hybridized carbons (Fsp3) is 0.167. The van der Waals surface area contributed by atoms with Gasteiger partial charge in [-0.15, -0.1) is 0 Å². The lowest BCUT2D eigenvalue weighted by atomic mass is 10.1. The molecule has 8 heteroatoms. The first kappa shape index (κ1) is 14.0. The lowest BCUT2D eigenvalue weighted by molar-refractivity contribution is -0.385. The fourth-order valence-electron chi connectivity index (χ4n) is 1.87. The number of anilines is 2. The first-order valence-corrected chi connectivity index (χ1v) is 6.16. The van der Waals surface area contributed by atoms with Gasteiger partial charge in [-0.3, -0.25) is 10.1 Å². The first-order valence-electron chi connectivity index (χ1n) is 5.78. The van der Waals surface area contributed by atoms with Gasteiger partial charge in [0, 0.05) is 11.4 Å². The van der Waals surface area contributed by atoms with Crippen molar-refractivity contribution in [2.75, 3.05) is 11.5 Å². The van der Waals surface area contributed by atoms with Crippen molar-refractivity contribution in [3.05, 3.63) is 50.7 Å². The fourth-order valence-corrected chi connectivity index (χ4v) is 2.08. The minimum Gasteiger partial charge on any atom is -0.378 e. The molecule has 0 amide bonds. The second-order valence-electron chi connectivity index (χ2n) is 4.15. The number of benzene rings is 1. The maximum atomic E-state index is 11.0. The highest BCUT2D eigenvalue weighted by Crippen LogP contribution is 2.25. The number of nitro groups is 1. The quantitative estimate of drug-likeness (QED) is 0.656. The highest BCUT2D eigenvalue weighted by molar-refractivity contribution is 6.30. The summed E-state index contributed by atoms with van der Waals surface area (Å²) in [5.74, 6) is -0.294. The summed E-state index contributed by atoms with van der Waals surface area (Å²) in [5, 5.41) is 11.6. The molecule has 0 spiro atoms. The predicted octanol–water partition coefficient (Wildman–Crippen LogP) is 1.99. The Morgan fingerprint density at radius 2 is 2.00 bits per heavy atom. The number of aromatic nitrogens is 2. The summed E-state index contributed by atoms with van der Waals surface area (Å²) in [6.07, 6.45) is 0.866. The van der Waals surface area contributed by atoms with E-state index < -0.39 is 4.92 Å². The molecule has 0 radical (unpaired) electrons. The maximum absolute atomic E-state index is 11.0. The molecule has 0 aliphatic heterocycles. The maximum Gasteiger partial charge on any atom is 0.332 e. The van der Waals surface area contributed by atoms with E-state index in [1.807, 2.05) is 12.1 Å². The van der Waals surface area contributed by atoms with Crippen LogP contribution >= 0.6 is 11.6 Å². The van der Waals surface area contributed by atoms with Gasteiger partial charge in [-0.05, 0) is 24.1 Å². The summed E-state index contributed by atoms with van der Waals surface area (Å²) >= 11 is 5.88. The number of nitrogens with zero attached hydrogens (tertiary/aromatic N) is 3. The summed E-state index contributed by atoms with van der Waals surface area (Å²) in [4.78, 5) is 17.9. The molecule has 0 bridgehead atoms. The van der Waals surface area contributed by atoms with E-state index >= 15 is 0 Å². The number of rotatable bonds is 4. The van der Waals surface area contributed by atoms with Crippen molar-refractivity contribution < 1.29 is 4.92 Å². The molecule has 1 heterocycles. The van der Waals surface area contributed by atoms with Gasteiger partial charge in [-0.25, -0.2) is 4.98 Å². The van der Waals surface area contributed by atoms with E-state index in [0.717, 1.165) is 5.56 Å². The molecule has 0 aliphatic carbocycles. The van der Waals surface area contributed by atoms with Gasteiger partial charge >= 0.3 is 5.69 Å². The van der Waals surface area contributed by atoms with Gasteiger partial charge < -0.3 is 11.5 Å². The molecule has 20 heavy (non-hydrogen) atoms. The highest BCUT2D eigenvalue weighted by Gasteiger charge is 2.21. The van der Waals surface area contributed by atoms with E-state index in [4.69, 9.17) is 23.1 Å². The topological polar surface area (TPSA) is 121 Å². The normalized spacial score (nSPS) is 10.4. The molecule has 1 aromatic heterocycles. The third-order valence-electron chi connectivity index (χ3n) is 2.72. The van der Waals surface area contributed by atoms with Gasteiger partial charge in [-0.1, -0.05) is 23.7 Å². The van der Waals surface area contributed by atoms with Crippen molar-refractivity contribution >= 4 is 29.1 Å². The van der Waals surface area contributed by atoms with E-state index in [-0.39, 0.29) is 23.1 Å². The zero-order valence-corrected chi connectivity index (χ0v) is 11.2. The van der Waals surface area contributed by atoms with Gasteiger partial charge in [0.15, 0.2) is 0 Å². The molecule has 104 valence electrons. The lowest BCUT2D eigenvalue weighted by Crippen LogP contribution is -2.09. The van der Waals surface area contributed by atoms with Crippen LogP contribution in [0.2, 0.25) is 5.02 Å². The Bertz CT molecular complexity index is 662. The van der Waals surface area contributed by atoms with Gasteiger partial charge in [0.2, 0.25) is 11.8 Å².